The Hall–Kier alpha value is -1.04. The lowest BCUT2D eigenvalue weighted by Gasteiger charge is -2.29. The number of carbonyl (C=O) groups excluding carboxylic acids is 1. The molecule has 0 aromatic carbocycles. The summed E-state index contributed by atoms with van der Waals surface area (Å²) < 4.78 is 36.9. The number of hydrogen-bond acceptors (Lipinski definition) is 2. The summed E-state index contributed by atoms with van der Waals surface area (Å²) in [5.41, 5.74) is 4.98. The lowest BCUT2D eigenvalue weighted by Crippen LogP contribution is -2.45. The number of carbonyl (C=O) groups is 1. The first-order valence-corrected chi connectivity index (χ1v) is 5.16. The Labute approximate surface area is 92.1 Å². The van der Waals surface area contributed by atoms with Crippen molar-refractivity contribution >= 4 is 5.91 Å². The third-order valence-electron chi connectivity index (χ3n) is 2.64. The van der Waals surface area contributed by atoms with Gasteiger partial charge in [-0.15, -0.1) is 0 Å². The number of nitrogens with two attached hydrogens (primary N) is 1. The van der Waals surface area contributed by atoms with Crippen LogP contribution < -0.4 is 5.73 Å². The normalized spacial score (nSPS) is 19.3. The van der Waals surface area contributed by atoms with Crippen molar-refractivity contribution in [2.75, 3.05) is 13.1 Å². The molecule has 0 radical (unpaired) electrons. The molecule has 0 spiro atoms. The highest BCUT2D eigenvalue weighted by Gasteiger charge is 2.35. The summed E-state index contributed by atoms with van der Waals surface area (Å²) in [6, 6.07) is -0.610. The van der Waals surface area contributed by atoms with Gasteiger partial charge in [0.15, 0.2) is 0 Å². The van der Waals surface area contributed by atoms with Crippen LogP contribution in [0, 0.1) is 0 Å². The predicted octanol–water partition coefficient (Wildman–Crippen LogP) is 1.44. The van der Waals surface area contributed by atoms with Crippen LogP contribution in [-0.4, -0.2) is 36.1 Å². The molecule has 92 valence electrons. The summed E-state index contributed by atoms with van der Waals surface area (Å²) in [5.74, 6) is -0.278. The Kier molecular flexibility index (Phi) is 3.96. The molecule has 0 saturated heterocycles. The number of alkyl halides is 3. The topological polar surface area (TPSA) is 46.3 Å². The molecule has 1 atom stereocenters. The molecule has 1 unspecified atom stereocenters. The Bertz CT molecular complexity index is 299. The maximum absolute atomic E-state index is 12.3. The maximum atomic E-state index is 12.3. The van der Waals surface area contributed by atoms with Gasteiger partial charge in [-0.1, -0.05) is 13.0 Å². The first-order chi connectivity index (χ1) is 7.36. The highest BCUT2D eigenvalue weighted by Crippen LogP contribution is 2.30. The van der Waals surface area contributed by atoms with E-state index in [0.717, 1.165) is 6.08 Å². The fourth-order valence-electron chi connectivity index (χ4n) is 1.54. The standard InChI is InChI=1S/C10H15F3N2O/c1-2-8(14)9(16)15-5-3-7(4-6-15)10(11,12)13/h3,8H,2,4-6,14H2,1H3. The molecule has 6 heteroatoms. The quantitative estimate of drug-likeness (QED) is 0.737. The van der Waals surface area contributed by atoms with Gasteiger partial charge >= 0.3 is 6.18 Å². The molecule has 0 aliphatic carbocycles. The average Bonchev–Trinajstić information content (AvgIpc) is 2.26. The highest BCUT2D eigenvalue weighted by molar-refractivity contribution is 5.81. The third kappa shape index (κ3) is 2.98. The van der Waals surface area contributed by atoms with E-state index in [4.69, 9.17) is 5.73 Å². The van der Waals surface area contributed by atoms with E-state index in [1.807, 2.05) is 0 Å². The molecule has 1 heterocycles. The summed E-state index contributed by atoms with van der Waals surface area (Å²) in [5, 5.41) is 0. The molecule has 0 saturated carbocycles. The Morgan fingerprint density at radius 2 is 2.25 bits per heavy atom. The smallest absolute Gasteiger partial charge is 0.337 e. The summed E-state index contributed by atoms with van der Waals surface area (Å²) in [4.78, 5) is 12.9. The Morgan fingerprint density at radius 1 is 1.62 bits per heavy atom. The molecular weight excluding hydrogens is 221 g/mol. The second-order valence-electron chi connectivity index (χ2n) is 3.78. The molecule has 1 aliphatic heterocycles. The number of halogens is 3. The first-order valence-electron chi connectivity index (χ1n) is 5.16. The van der Waals surface area contributed by atoms with E-state index in [1.54, 1.807) is 6.92 Å². The number of nitrogens with zero attached hydrogens (tertiary/aromatic N) is 1. The second-order valence-corrected chi connectivity index (χ2v) is 3.78. The highest BCUT2D eigenvalue weighted by atomic mass is 19.4. The van der Waals surface area contributed by atoms with Gasteiger partial charge in [-0.2, -0.15) is 13.2 Å². The fourth-order valence-corrected chi connectivity index (χ4v) is 1.54. The van der Waals surface area contributed by atoms with Crippen molar-refractivity contribution in [3.63, 3.8) is 0 Å². The molecule has 16 heavy (non-hydrogen) atoms. The minimum atomic E-state index is -4.28. The van der Waals surface area contributed by atoms with Gasteiger partial charge in [-0.05, 0) is 12.8 Å². The average molecular weight is 236 g/mol. The zero-order valence-electron chi connectivity index (χ0n) is 9.05. The molecule has 3 nitrogen and oxygen atoms in total. The van der Waals surface area contributed by atoms with Crippen molar-refractivity contribution in [1.82, 2.24) is 4.90 Å². The third-order valence-corrected chi connectivity index (χ3v) is 2.64. The van der Waals surface area contributed by atoms with Gasteiger partial charge in [0.05, 0.1) is 6.04 Å². The van der Waals surface area contributed by atoms with Crippen molar-refractivity contribution < 1.29 is 18.0 Å². The van der Waals surface area contributed by atoms with Gasteiger partial charge in [0.1, 0.15) is 0 Å². The van der Waals surface area contributed by atoms with Gasteiger partial charge in [-0.3, -0.25) is 4.79 Å². The van der Waals surface area contributed by atoms with Crippen molar-refractivity contribution in [1.29, 1.82) is 0 Å². The van der Waals surface area contributed by atoms with Crippen LogP contribution >= 0.6 is 0 Å². The molecule has 1 amide bonds. The van der Waals surface area contributed by atoms with Crippen LogP contribution in [0.25, 0.3) is 0 Å². The largest absolute Gasteiger partial charge is 0.412 e. The van der Waals surface area contributed by atoms with E-state index < -0.39 is 17.8 Å². The second kappa shape index (κ2) is 4.86. The van der Waals surface area contributed by atoms with Crippen LogP contribution in [0.15, 0.2) is 11.6 Å². The number of rotatable bonds is 2. The molecule has 2 N–H and O–H groups in total. The summed E-state index contributed by atoms with van der Waals surface area (Å²) in [7, 11) is 0. The summed E-state index contributed by atoms with van der Waals surface area (Å²) in [6.07, 6.45) is -2.87. The molecule has 0 fully saturated rings. The molecule has 1 aliphatic rings. The zero-order chi connectivity index (χ0) is 12.3. The minimum absolute atomic E-state index is 0.00137. The van der Waals surface area contributed by atoms with Gasteiger partial charge in [0, 0.05) is 18.7 Å². The van der Waals surface area contributed by atoms with Gasteiger partial charge < -0.3 is 10.6 Å². The van der Waals surface area contributed by atoms with Crippen LogP contribution in [0.4, 0.5) is 13.2 Å². The van der Waals surface area contributed by atoms with E-state index in [9.17, 15) is 18.0 Å². The zero-order valence-corrected chi connectivity index (χ0v) is 9.05. The van der Waals surface area contributed by atoms with Crippen LogP contribution in [0.3, 0.4) is 0 Å². The van der Waals surface area contributed by atoms with Gasteiger partial charge in [-0.25, -0.2) is 0 Å². The fraction of sp³-hybridized carbons (Fsp3) is 0.700. The van der Waals surface area contributed by atoms with Crippen LogP contribution in [0.5, 0.6) is 0 Å². The number of hydrogen-bond donors (Lipinski definition) is 1. The molecule has 0 bridgehead atoms. The van der Waals surface area contributed by atoms with Crippen molar-refractivity contribution in [2.45, 2.75) is 32.0 Å². The monoisotopic (exact) mass is 236 g/mol. The minimum Gasteiger partial charge on any atom is -0.337 e. The molecule has 0 aromatic rings. The molecule has 1 rings (SSSR count). The lowest BCUT2D eigenvalue weighted by atomic mass is 10.1. The summed E-state index contributed by atoms with van der Waals surface area (Å²) >= 11 is 0. The number of amides is 1. The Balaban J connectivity index is 2.61. The van der Waals surface area contributed by atoms with Gasteiger partial charge in [0.25, 0.3) is 0 Å². The predicted molar refractivity (Wildman–Crippen MR) is 53.6 cm³/mol. The summed E-state index contributed by atoms with van der Waals surface area (Å²) in [6.45, 7) is 1.86. The SMILES string of the molecule is CCC(N)C(=O)N1CC=C(C(F)(F)F)CC1. The van der Waals surface area contributed by atoms with Crippen LogP contribution in [0.1, 0.15) is 19.8 Å². The van der Waals surface area contributed by atoms with E-state index in [2.05, 4.69) is 0 Å². The van der Waals surface area contributed by atoms with Crippen molar-refractivity contribution in [3.8, 4) is 0 Å². The van der Waals surface area contributed by atoms with E-state index in [0.29, 0.717) is 6.42 Å². The first kappa shape index (κ1) is 13.0. The molecular formula is C10H15F3N2O. The van der Waals surface area contributed by atoms with Crippen LogP contribution in [0.2, 0.25) is 0 Å². The Morgan fingerprint density at radius 3 is 2.62 bits per heavy atom. The molecule has 0 aromatic heterocycles. The maximum Gasteiger partial charge on any atom is 0.412 e. The van der Waals surface area contributed by atoms with Crippen LogP contribution in [-0.2, 0) is 4.79 Å². The lowest BCUT2D eigenvalue weighted by molar-refractivity contribution is -0.133. The van der Waals surface area contributed by atoms with Crippen molar-refractivity contribution in [3.05, 3.63) is 11.6 Å². The van der Waals surface area contributed by atoms with E-state index in [1.165, 1.54) is 4.90 Å². The van der Waals surface area contributed by atoms with Gasteiger partial charge in [0.2, 0.25) is 5.91 Å². The van der Waals surface area contributed by atoms with Crippen molar-refractivity contribution in [2.24, 2.45) is 5.73 Å². The van der Waals surface area contributed by atoms with E-state index in [-0.39, 0.29) is 25.4 Å². The van der Waals surface area contributed by atoms with E-state index >= 15 is 0 Å².